The highest BCUT2D eigenvalue weighted by molar-refractivity contribution is 6.30. The highest BCUT2D eigenvalue weighted by Crippen LogP contribution is 2.46. The van der Waals surface area contributed by atoms with Crippen LogP contribution in [0, 0.1) is 0 Å². The Hall–Kier alpha value is -2.14. The number of ether oxygens (including phenoxy) is 2. The van der Waals surface area contributed by atoms with E-state index in [1.165, 1.54) is 0 Å². The zero-order valence-corrected chi connectivity index (χ0v) is 17.5. The Labute approximate surface area is 176 Å². The van der Waals surface area contributed by atoms with E-state index in [1.54, 1.807) is 0 Å². The van der Waals surface area contributed by atoms with Crippen molar-refractivity contribution in [1.29, 1.82) is 0 Å². The summed E-state index contributed by atoms with van der Waals surface area (Å²) < 4.78 is 11.6. The fourth-order valence-corrected chi connectivity index (χ4v) is 4.39. The third-order valence-corrected chi connectivity index (χ3v) is 6.11. The van der Waals surface area contributed by atoms with Gasteiger partial charge in [0.1, 0.15) is 17.5 Å². The molecule has 0 aromatic heterocycles. The van der Waals surface area contributed by atoms with Crippen LogP contribution in [0.3, 0.4) is 0 Å². The summed E-state index contributed by atoms with van der Waals surface area (Å²) in [6.45, 7) is 4.73. The van der Waals surface area contributed by atoms with E-state index in [9.17, 15) is 9.90 Å². The molecule has 0 radical (unpaired) electrons. The Morgan fingerprint density at radius 1 is 1.17 bits per heavy atom. The van der Waals surface area contributed by atoms with E-state index in [4.69, 9.17) is 21.1 Å². The molecule has 0 saturated carbocycles. The Morgan fingerprint density at radius 2 is 1.90 bits per heavy atom. The van der Waals surface area contributed by atoms with Crippen molar-refractivity contribution < 1.29 is 19.4 Å². The Kier molecular flexibility index (Phi) is 5.52. The number of hydrogen-bond acceptors (Lipinski definition) is 4. The fourth-order valence-electron chi connectivity index (χ4n) is 4.26. The molecule has 0 spiro atoms. The lowest BCUT2D eigenvalue weighted by Gasteiger charge is -2.34. The molecule has 1 fully saturated rings. The van der Waals surface area contributed by atoms with Gasteiger partial charge in [0.15, 0.2) is 5.78 Å². The van der Waals surface area contributed by atoms with Crippen LogP contribution in [0.4, 0.5) is 0 Å². The highest BCUT2D eigenvalue weighted by Gasteiger charge is 2.53. The third kappa shape index (κ3) is 3.50. The van der Waals surface area contributed by atoms with Gasteiger partial charge in [-0.15, -0.1) is 0 Å². The zero-order valence-electron chi connectivity index (χ0n) is 16.7. The van der Waals surface area contributed by atoms with Gasteiger partial charge in [-0.3, -0.25) is 4.79 Å². The monoisotopic (exact) mass is 412 g/mol. The maximum atomic E-state index is 13.2. The minimum atomic E-state index is -0.925. The van der Waals surface area contributed by atoms with Crippen LogP contribution in [0.2, 0.25) is 5.02 Å². The molecule has 0 amide bonds. The average molecular weight is 413 g/mol. The lowest BCUT2D eigenvalue weighted by Crippen LogP contribution is -2.43. The summed E-state index contributed by atoms with van der Waals surface area (Å²) in [7, 11) is 0. The van der Waals surface area contributed by atoms with Gasteiger partial charge < -0.3 is 14.6 Å². The summed E-state index contributed by atoms with van der Waals surface area (Å²) in [5.74, 6) is -0.136. The molecule has 2 aliphatic rings. The number of carbonyl (C=O) groups excluding carboxylic acids is 1. The lowest BCUT2D eigenvalue weighted by atomic mass is 9.86. The van der Waals surface area contributed by atoms with Crippen molar-refractivity contribution in [3.63, 3.8) is 0 Å². The molecule has 2 heterocycles. The average Bonchev–Trinajstić information content (AvgIpc) is 3.14. The lowest BCUT2D eigenvalue weighted by molar-refractivity contribution is -0.138. The van der Waals surface area contributed by atoms with Crippen LogP contribution < -0.4 is 0 Å². The van der Waals surface area contributed by atoms with E-state index in [1.807, 2.05) is 56.3 Å². The molecule has 0 aliphatic carbocycles. The number of hydrogen-bond donors (Lipinski definition) is 1. The number of carbonyl (C=O) groups is 1. The number of fused-ring (bicyclic) bond motifs is 2. The molecule has 5 heteroatoms. The van der Waals surface area contributed by atoms with Crippen LogP contribution in [0.15, 0.2) is 48.2 Å². The van der Waals surface area contributed by atoms with Crippen LogP contribution in [-0.4, -0.2) is 35.8 Å². The zero-order chi connectivity index (χ0) is 20.6. The number of aliphatic hydroxyl groups is 1. The minimum absolute atomic E-state index is 0.00709. The standard InChI is InChI=1S/C24H25ClO4/c1-3-15-5-6-17(16-7-9-18(25)10-8-16)13-19(15)21-22(26)20-11-12-24(29-20,23(21)27)14-28-4-2/h5-10,13,20,27H,3-4,11-12,14H2,1-2H3/t20-,24-/m0/s1. The van der Waals surface area contributed by atoms with Crippen molar-refractivity contribution in [2.24, 2.45) is 0 Å². The van der Waals surface area contributed by atoms with Crippen molar-refractivity contribution in [1.82, 2.24) is 0 Å². The fraction of sp³-hybridized carbons (Fsp3) is 0.375. The van der Waals surface area contributed by atoms with Crippen LogP contribution in [0.5, 0.6) is 0 Å². The summed E-state index contributed by atoms with van der Waals surface area (Å²) in [4.78, 5) is 13.2. The SMILES string of the molecule is CCOC[C@]12CC[C@H](O1)C(=O)C(c1cc(-c3ccc(Cl)cc3)ccc1CC)=C2O. The molecular weight excluding hydrogens is 388 g/mol. The van der Waals surface area contributed by atoms with Gasteiger partial charge in [0.05, 0.1) is 12.2 Å². The molecule has 2 aliphatic heterocycles. The second kappa shape index (κ2) is 7.94. The van der Waals surface area contributed by atoms with Crippen LogP contribution in [0.1, 0.15) is 37.8 Å². The molecular formula is C24H25ClO4. The minimum Gasteiger partial charge on any atom is -0.508 e. The number of Topliss-reactive ketones (excluding diaryl/α,β-unsaturated/α-hetero) is 1. The number of aryl methyl sites for hydroxylation is 1. The number of halogens is 1. The first kappa shape index (κ1) is 20.1. The van der Waals surface area contributed by atoms with Crippen molar-refractivity contribution in [2.75, 3.05) is 13.2 Å². The second-order valence-corrected chi connectivity index (χ2v) is 8.03. The van der Waals surface area contributed by atoms with E-state index in [2.05, 4.69) is 0 Å². The van der Waals surface area contributed by atoms with Crippen molar-refractivity contribution in [3.05, 3.63) is 64.4 Å². The number of aliphatic hydroxyl groups excluding tert-OH is 1. The van der Waals surface area contributed by atoms with Gasteiger partial charge in [0.2, 0.25) is 0 Å². The van der Waals surface area contributed by atoms with Gasteiger partial charge in [0, 0.05) is 11.6 Å². The normalized spacial score (nSPS) is 23.7. The van der Waals surface area contributed by atoms with Gasteiger partial charge in [-0.2, -0.15) is 0 Å². The second-order valence-electron chi connectivity index (χ2n) is 7.60. The summed E-state index contributed by atoms with van der Waals surface area (Å²) in [5.41, 5.74) is 3.23. The smallest absolute Gasteiger partial charge is 0.195 e. The Morgan fingerprint density at radius 3 is 2.59 bits per heavy atom. The topological polar surface area (TPSA) is 55.8 Å². The molecule has 2 bridgehead atoms. The summed E-state index contributed by atoms with van der Waals surface area (Å²) >= 11 is 6.02. The molecule has 1 N–H and O–H groups in total. The third-order valence-electron chi connectivity index (χ3n) is 5.86. The van der Waals surface area contributed by atoms with Crippen LogP contribution in [-0.2, 0) is 20.7 Å². The van der Waals surface area contributed by atoms with Crippen LogP contribution >= 0.6 is 11.6 Å². The van der Waals surface area contributed by atoms with Crippen LogP contribution in [0.25, 0.3) is 16.7 Å². The predicted molar refractivity (Wildman–Crippen MR) is 114 cm³/mol. The predicted octanol–water partition coefficient (Wildman–Crippen LogP) is 5.38. The molecule has 4 rings (SSSR count). The first-order valence-corrected chi connectivity index (χ1v) is 10.5. The molecule has 2 aromatic rings. The molecule has 152 valence electrons. The van der Waals surface area contributed by atoms with E-state index in [0.29, 0.717) is 30.0 Å². The number of benzene rings is 2. The molecule has 2 atom stereocenters. The summed E-state index contributed by atoms with van der Waals surface area (Å²) in [6.07, 6.45) is 1.41. The quantitative estimate of drug-likeness (QED) is 0.692. The molecule has 2 aromatic carbocycles. The van der Waals surface area contributed by atoms with Gasteiger partial charge in [-0.25, -0.2) is 0 Å². The maximum Gasteiger partial charge on any atom is 0.195 e. The van der Waals surface area contributed by atoms with Crippen molar-refractivity contribution in [3.8, 4) is 11.1 Å². The van der Waals surface area contributed by atoms with Crippen molar-refractivity contribution >= 4 is 23.0 Å². The van der Waals surface area contributed by atoms with E-state index >= 15 is 0 Å². The Bertz CT molecular complexity index is 963. The number of rotatable bonds is 6. The molecule has 0 unspecified atom stereocenters. The van der Waals surface area contributed by atoms with Gasteiger partial charge in [-0.05, 0) is 66.6 Å². The molecule has 4 nitrogen and oxygen atoms in total. The van der Waals surface area contributed by atoms with Crippen molar-refractivity contribution in [2.45, 2.75) is 44.8 Å². The first-order valence-electron chi connectivity index (χ1n) is 10.1. The number of ketones is 1. The van der Waals surface area contributed by atoms with Gasteiger partial charge in [0.25, 0.3) is 0 Å². The first-order chi connectivity index (χ1) is 14.0. The van der Waals surface area contributed by atoms with Gasteiger partial charge in [-0.1, -0.05) is 42.8 Å². The van der Waals surface area contributed by atoms with E-state index < -0.39 is 11.7 Å². The van der Waals surface area contributed by atoms with Gasteiger partial charge >= 0.3 is 0 Å². The summed E-state index contributed by atoms with van der Waals surface area (Å²) in [5, 5.41) is 11.9. The van der Waals surface area contributed by atoms with E-state index in [-0.39, 0.29) is 18.1 Å². The Balaban J connectivity index is 1.85. The maximum absolute atomic E-state index is 13.2. The van der Waals surface area contributed by atoms with E-state index in [0.717, 1.165) is 28.7 Å². The summed E-state index contributed by atoms with van der Waals surface area (Å²) in [6, 6.07) is 13.7. The highest BCUT2D eigenvalue weighted by atomic mass is 35.5. The largest absolute Gasteiger partial charge is 0.508 e. The molecule has 29 heavy (non-hydrogen) atoms. The molecule has 1 saturated heterocycles.